The van der Waals surface area contributed by atoms with Crippen LogP contribution in [0.2, 0.25) is 5.02 Å². The Morgan fingerprint density at radius 1 is 1.16 bits per heavy atom. The standard InChI is InChI=1S/C15H14ClFN2/c16-12-3-1-11(9-18)14(7-12)19-6-5-10-2-4-13(17)8-15(10)19/h1-4,7-8H,5-6,9,18H2. The van der Waals surface area contributed by atoms with Gasteiger partial charge in [0.2, 0.25) is 0 Å². The van der Waals surface area contributed by atoms with Gasteiger partial charge >= 0.3 is 0 Å². The largest absolute Gasteiger partial charge is 0.341 e. The SMILES string of the molecule is NCc1ccc(Cl)cc1N1CCc2ccc(F)cc21. The van der Waals surface area contributed by atoms with Crippen molar-refractivity contribution in [1.29, 1.82) is 0 Å². The molecule has 2 aromatic carbocycles. The Hall–Kier alpha value is -1.58. The van der Waals surface area contributed by atoms with Crippen LogP contribution in [0.3, 0.4) is 0 Å². The third-order valence-corrected chi connectivity index (χ3v) is 3.74. The summed E-state index contributed by atoms with van der Waals surface area (Å²) in [4.78, 5) is 2.09. The lowest BCUT2D eigenvalue weighted by atomic mass is 10.1. The lowest BCUT2D eigenvalue weighted by Crippen LogP contribution is -2.16. The third-order valence-electron chi connectivity index (χ3n) is 3.50. The third kappa shape index (κ3) is 2.20. The Bertz CT molecular complexity index is 628. The summed E-state index contributed by atoms with van der Waals surface area (Å²) in [5.74, 6) is -0.220. The topological polar surface area (TPSA) is 29.3 Å². The van der Waals surface area contributed by atoms with E-state index in [1.54, 1.807) is 6.07 Å². The molecule has 0 amide bonds. The zero-order valence-electron chi connectivity index (χ0n) is 10.4. The minimum absolute atomic E-state index is 0.220. The van der Waals surface area contributed by atoms with E-state index in [1.807, 2.05) is 24.3 Å². The first kappa shape index (κ1) is 12.5. The summed E-state index contributed by atoms with van der Waals surface area (Å²) >= 11 is 6.07. The minimum atomic E-state index is -0.220. The van der Waals surface area contributed by atoms with Crippen LogP contribution < -0.4 is 10.6 Å². The van der Waals surface area contributed by atoms with E-state index in [9.17, 15) is 4.39 Å². The highest BCUT2D eigenvalue weighted by molar-refractivity contribution is 6.30. The van der Waals surface area contributed by atoms with Crippen molar-refractivity contribution in [3.8, 4) is 0 Å². The molecule has 4 heteroatoms. The van der Waals surface area contributed by atoms with Gasteiger partial charge in [-0.2, -0.15) is 0 Å². The molecule has 1 aliphatic rings. The fraction of sp³-hybridized carbons (Fsp3) is 0.200. The van der Waals surface area contributed by atoms with Crippen molar-refractivity contribution in [3.63, 3.8) is 0 Å². The van der Waals surface area contributed by atoms with Crippen molar-refractivity contribution in [1.82, 2.24) is 0 Å². The molecule has 0 atom stereocenters. The van der Waals surface area contributed by atoms with Crippen molar-refractivity contribution in [2.45, 2.75) is 13.0 Å². The maximum Gasteiger partial charge on any atom is 0.125 e. The first-order chi connectivity index (χ1) is 9.19. The smallest absolute Gasteiger partial charge is 0.125 e. The molecule has 0 saturated carbocycles. The van der Waals surface area contributed by atoms with Gasteiger partial charge in [0.15, 0.2) is 0 Å². The van der Waals surface area contributed by atoms with Gasteiger partial charge in [0, 0.05) is 29.5 Å². The minimum Gasteiger partial charge on any atom is -0.341 e. The second kappa shape index (κ2) is 4.83. The van der Waals surface area contributed by atoms with E-state index in [-0.39, 0.29) is 5.82 Å². The van der Waals surface area contributed by atoms with Crippen molar-refractivity contribution in [2.24, 2.45) is 5.73 Å². The van der Waals surface area contributed by atoms with E-state index < -0.39 is 0 Å². The number of nitrogens with two attached hydrogens (primary N) is 1. The van der Waals surface area contributed by atoms with Gasteiger partial charge in [0.1, 0.15) is 5.82 Å². The molecule has 98 valence electrons. The van der Waals surface area contributed by atoms with Crippen LogP contribution >= 0.6 is 11.6 Å². The van der Waals surface area contributed by atoms with Gasteiger partial charge in [0.25, 0.3) is 0 Å². The predicted octanol–water partition coefficient (Wildman–Crippen LogP) is 3.63. The molecule has 3 rings (SSSR count). The Labute approximate surface area is 116 Å². The summed E-state index contributed by atoms with van der Waals surface area (Å²) < 4.78 is 13.4. The number of benzene rings is 2. The molecule has 0 spiro atoms. The van der Waals surface area contributed by atoms with Gasteiger partial charge in [-0.1, -0.05) is 23.7 Å². The van der Waals surface area contributed by atoms with Gasteiger partial charge in [-0.3, -0.25) is 0 Å². The lowest BCUT2D eigenvalue weighted by Gasteiger charge is -2.22. The van der Waals surface area contributed by atoms with Gasteiger partial charge in [-0.25, -0.2) is 4.39 Å². The number of hydrogen-bond acceptors (Lipinski definition) is 2. The molecule has 2 aromatic rings. The molecule has 0 bridgehead atoms. The zero-order chi connectivity index (χ0) is 13.4. The normalized spacial score (nSPS) is 13.7. The van der Waals surface area contributed by atoms with Crippen LogP contribution in [0.1, 0.15) is 11.1 Å². The summed E-state index contributed by atoms with van der Waals surface area (Å²) in [6.07, 6.45) is 0.909. The van der Waals surface area contributed by atoms with E-state index in [4.69, 9.17) is 17.3 Å². The molecular formula is C15H14ClFN2. The quantitative estimate of drug-likeness (QED) is 0.907. The summed E-state index contributed by atoms with van der Waals surface area (Å²) in [6, 6.07) is 10.6. The van der Waals surface area contributed by atoms with E-state index in [1.165, 1.54) is 6.07 Å². The number of halogens is 2. The first-order valence-electron chi connectivity index (χ1n) is 6.23. The van der Waals surface area contributed by atoms with Crippen LogP contribution in [0.5, 0.6) is 0 Å². The Balaban J connectivity index is 2.10. The second-order valence-corrected chi connectivity index (χ2v) is 5.09. The van der Waals surface area contributed by atoms with Crippen molar-refractivity contribution in [2.75, 3.05) is 11.4 Å². The molecule has 0 unspecified atom stereocenters. The summed E-state index contributed by atoms with van der Waals surface area (Å²) in [7, 11) is 0. The van der Waals surface area contributed by atoms with Gasteiger partial charge in [0.05, 0.1) is 0 Å². The molecule has 2 nitrogen and oxygen atoms in total. The summed E-state index contributed by atoms with van der Waals surface area (Å²) in [5.41, 5.74) is 9.83. The van der Waals surface area contributed by atoms with E-state index in [0.717, 1.165) is 35.5 Å². The number of fused-ring (bicyclic) bond motifs is 1. The van der Waals surface area contributed by atoms with E-state index in [0.29, 0.717) is 11.6 Å². The fourth-order valence-corrected chi connectivity index (χ4v) is 2.73. The molecule has 19 heavy (non-hydrogen) atoms. The zero-order valence-corrected chi connectivity index (χ0v) is 11.1. The average Bonchev–Trinajstić information content (AvgIpc) is 2.81. The van der Waals surface area contributed by atoms with Gasteiger partial charge < -0.3 is 10.6 Å². The molecule has 1 aliphatic heterocycles. The maximum atomic E-state index is 13.4. The molecule has 0 aromatic heterocycles. The molecule has 2 N–H and O–H groups in total. The summed E-state index contributed by atoms with van der Waals surface area (Å²) in [5, 5.41) is 0.664. The highest BCUT2D eigenvalue weighted by Crippen LogP contribution is 2.37. The molecule has 0 saturated heterocycles. The number of anilines is 2. The fourth-order valence-electron chi connectivity index (χ4n) is 2.56. The van der Waals surface area contributed by atoms with Crippen molar-refractivity contribution < 1.29 is 4.39 Å². The van der Waals surface area contributed by atoms with Crippen LogP contribution in [0.15, 0.2) is 36.4 Å². The number of rotatable bonds is 2. The Morgan fingerprint density at radius 2 is 2.00 bits per heavy atom. The van der Waals surface area contributed by atoms with Crippen LogP contribution in [-0.2, 0) is 13.0 Å². The van der Waals surface area contributed by atoms with E-state index >= 15 is 0 Å². The van der Waals surface area contributed by atoms with Crippen molar-refractivity contribution >= 4 is 23.0 Å². The van der Waals surface area contributed by atoms with Crippen LogP contribution in [0, 0.1) is 5.82 Å². The predicted molar refractivity (Wildman–Crippen MR) is 76.5 cm³/mol. The second-order valence-electron chi connectivity index (χ2n) is 4.65. The molecule has 0 radical (unpaired) electrons. The maximum absolute atomic E-state index is 13.4. The molecule has 0 fully saturated rings. The highest BCUT2D eigenvalue weighted by Gasteiger charge is 2.22. The van der Waals surface area contributed by atoms with Crippen LogP contribution in [0.4, 0.5) is 15.8 Å². The summed E-state index contributed by atoms with van der Waals surface area (Å²) in [6.45, 7) is 1.26. The van der Waals surface area contributed by atoms with Gasteiger partial charge in [-0.05, 0) is 41.8 Å². The van der Waals surface area contributed by atoms with Crippen molar-refractivity contribution in [3.05, 3.63) is 58.4 Å². The highest BCUT2D eigenvalue weighted by atomic mass is 35.5. The number of nitrogens with zero attached hydrogens (tertiary/aromatic N) is 1. The molecule has 1 heterocycles. The van der Waals surface area contributed by atoms with E-state index in [2.05, 4.69) is 4.90 Å². The first-order valence-corrected chi connectivity index (χ1v) is 6.61. The lowest BCUT2D eigenvalue weighted by molar-refractivity contribution is 0.628. The Morgan fingerprint density at radius 3 is 2.79 bits per heavy atom. The van der Waals surface area contributed by atoms with Crippen LogP contribution in [-0.4, -0.2) is 6.54 Å². The molecular weight excluding hydrogens is 263 g/mol. The number of hydrogen-bond donors (Lipinski definition) is 1. The van der Waals surface area contributed by atoms with Gasteiger partial charge in [-0.15, -0.1) is 0 Å². The molecule has 0 aliphatic carbocycles. The van der Waals surface area contributed by atoms with Crippen LogP contribution in [0.25, 0.3) is 0 Å². The monoisotopic (exact) mass is 276 g/mol. The average molecular weight is 277 g/mol. The Kier molecular flexibility index (Phi) is 3.17.